The van der Waals surface area contributed by atoms with E-state index in [1.165, 1.54) is 0 Å². The van der Waals surface area contributed by atoms with Crippen molar-refractivity contribution in [2.24, 2.45) is 5.41 Å². The van der Waals surface area contributed by atoms with Crippen molar-refractivity contribution in [2.75, 3.05) is 0 Å². The van der Waals surface area contributed by atoms with Crippen molar-refractivity contribution in [3.8, 4) is 0 Å². The predicted octanol–water partition coefficient (Wildman–Crippen LogP) is 2.54. The number of rotatable bonds is 3. The lowest BCUT2D eigenvalue weighted by molar-refractivity contribution is -0.131. The van der Waals surface area contributed by atoms with Crippen LogP contribution in [0.15, 0.2) is 24.3 Å². The second-order valence-electron chi connectivity index (χ2n) is 5.07. The van der Waals surface area contributed by atoms with Gasteiger partial charge in [0, 0.05) is 5.56 Å². The van der Waals surface area contributed by atoms with E-state index in [1.807, 2.05) is 0 Å². The SMILES string of the molecule is CC(C)(C)Cc1ccc(C(=O)C(=O)O)cc1. The topological polar surface area (TPSA) is 54.4 Å². The molecular weight excluding hydrogens is 204 g/mol. The van der Waals surface area contributed by atoms with Crippen molar-refractivity contribution >= 4 is 11.8 Å². The van der Waals surface area contributed by atoms with Crippen LogP contribution in [-0.4, -0.2) is 16.9 Å². The molecule has 0 atom stereocenters. The standard InChI is InChI=1S/C13H16O3/c1-13(2,3)8-9-4-6-10(7-5-9)11(14)12(15)16/h4-7H,8H2,1-3H3,(H,15,16). The lowest BCUT2D eigenvalue weighted by Crippen LogP contribution is -2.13. The van der Waals surface area contributed by atoms with E-state index in [1.54, 1.807) is 24.3 Å². The summed E-state index contributed by atoms with van der Waals surface area (Å²) in [6, 6.07) is 6.75. The van der Waals surface area contributed by atoms with Crippen molar-refractivity contribution in [3.05, 3.63) is 35.4 Å². The maximum atomic E-state index is 11.1. The minimum Gasteiger partial charge on any atom is -0.475 e. The molecule has 86 valence electrons. The molecule has 1 rings (SSSR count). The molecule has 1 aromatic rings. The first-order valence-corrected chi connectivity index (χ1v) is 5.16. The van der Waals surface area contributed by atoms with E-state index in [2.05, 4.69) is 20.8 Å². The number of carboxylic acid groups (broad SMARTS) is 1. The lowest BCUT2D eigenvalue weighted by Gasteiger charge is -2.17. The zero-order valence-electron chi connectivity index (χ0n) is 9.78. The Morgan fingerprint density at radius 1 is 1.12 bits per heavy atom. The molecule has 0 aliphatic carbocycles. The Hall–Kier alpha value is -1.64. The van der Waals surface area contributed by atoms with Crippen molar-refractivity contribution in [3.63, 3.8) is 0 Å². The highest BCUT2D eigenvalue weighted by atomic mass is 16.4. The largest absolute Gasteiger partial charge is 0.475 e. The lowest BCUT2D eigenvalue weighted by atomic mass is 9.88. The molecule has 0 saturated carbocycles. The Morgan fingerprint density at radius 3 is 2.00 bits per heavy atom. The molecule has 3 nitrogen and oxygen atoms in total. The molecule has 0 fully saturated rings. The third-order valence-electron chi connectivity index (χ3n) is 2.14. The van der Waals surface area contributed by atoms with Crippen LogP contribution in [0.5, 0.6) is 0 Å². The molecule has 1 N–H and O–H groups in total. The van der Waals surface area contributed by atoms with Crippen LogP contribution in [-0.2, 0) is 11.2 Å². The van der Waals surface area contributed by atoms with Gasteiger partial charge in [-0.2, -0.15) is 0 Å². The minimum absolute atomic E-state index is 0.179. The highest BCUT2D eigenvalue weighted by Gasteiger charge is 2.15. The van der Waals surface area contributed by atoms with Crippen LogP contribution in [0.3, 0.4) is 0 Å². The summed E-state index contributed by atoms with van der Waals surface area (Å²) in [6.07, 6.45) is 0.897. The van der Waals surface area contributed by atoms with E-state index in [-0.39, 0.29) is 11.0 Å². The van der Waals surface area contributed by atoms with Crippen LogP contribution in [0.2, 0.25) is 0 Å². The van der Waals surface area contributed by atoms with Gasteiger partial charge in [0.25, 0.3) is 5.78 Å². The fourth-order valence-corrected chi connectivity index (χ4v) is 1.51. The van der Waals surface area contributed by atoms with Gasteiger partial charge in [0.05, 0.1) is 0 Å². The first kappa shape index (κ1) is 12.4. The van der Waals surface area contributed by atoms with E-state index in [9.17, 15) is 9.59 Å². The molecule has 1 aromatic carbocycles. The van der Waals surface area contributed by atoms with Crippen LogP contribution in [0.4, 0.5) is 0 Å². The van der Waals surface area contributed by atoms with Crippen LogP contribution in [0.1, 0.15) is 36.7 Å². The third kappa shape index (κ3) is 3.50. The number of carbonyl (C=O) groups is 2. The fourth-order valence-electron chi connectivity index (χ4n) is 1.51. The van der Waals surface area contributed by atoms with Crippen LogP contribution >= 0.6 is 0 Å². The minimum atomic E-state index is -1.41. The van der Waals surface area contributed by atoms with Crippen molar-refractivity contribution in [2.45, 2.75) is 27.2 Å². The Labute approximate surface area is 95.1 Å². The van der Waals surface area contributed by atoms with Crippen molar-refractivity contribution in [1.29, 1.82) is 0 Å². The van der Waals surface area contributed by atoms with Gasteiger partial charge >= 0.3 is 5.97 Å². The second kappa shape index (κ2) is 4.47. The zero-order chi connectivity index (χ0) is 12.3. The van der Waals surface area contributed by atoms with Crippen LogP contribution in [0.25, 0.3) is 0 Å². The van der Waals surface area contributed by atoms with E-state index in [4.69, 9.17) is 5.11 Å². The molecule has 0 unspecified atom stereocenters. The van der Waals surface area contributed by atoms with Gasteiger partial charge in [-0.3, -0.25) is 4.79 Å². The fraction of sp³-hybridized carbons (Fsp3) is 0.385. The van der Waals surface area contributed by atoms with Gasteiger partial charge in [-0.1, -0.05) is 45.0 Å². The number of ketones is 1. The van der Waals surface area contributed by atoms with E-state index in [0.29, 0.717) is 0 Å². The Bertz CT molecular complexity index is 396. The van der Waals surface area contributed by atoms with Gasteiger partial charge in [0.15, 0.2) is 0 Å². The van der Waals surface area contributed by atoms with Gasteiger partial charge in [-0.15, -0.1) is 0 Å². The summed E-state index contributed by atoms with van der Waals surface area (Å²) in [5.41, 5.74) is 1.51. The number of hydrogen-bond acceptors (Lipinski definition) is 2. The summed E-state index contributed by atoms with van der Waals surface area (Å²) in [5.74, 6) is -2.27. The third-order valence-corrected chi connectivity index (χ3v) is 2.14. The molecule has 0 aliphatic heterocycles. The smallest absolute Gasteiger partial charge is 0.377 e. The summed E-state index contributed by atoms with van der Waals surface area (Å²) >= 11 is 0. The first-order chi connectivity index (χ1) is 7.29. The molecular formula is C13H16O3. The number of aliphatic carboxylic acids is 1. The van der Waals surface area contributed by atoms with E-state index in [0.717, 1.165) is 12.0 Å². The Kier molecular flexibility index (Phi) is 3.48. The molecule has 0 spiro atoms. The molecule has 16 heavy (non-hydrogen) atoms. The molecule has 0 aliphatic rings. The normalized spacial score (nSPS) is 11.2. The van der Waals surface area contributed by atoms with Gasteiger partial charge in [0.2, 0.25) is 0 Å². The predicted molar refractivity (Wildman–Crippen MR) is 61.6 cm³/mol. The molecule has 3 heteroatoms. The summed E-state index contributed by atoms with van der Waals surface area (Å²) in [7, 11) is 0. The molecule has 0 heterocycles. The van der Waals surface area contributed by atoms with E-state index >= 15 is 0 Å². The number of carboxylic acids is 1. The Balaban J connectivity index is 2.84. The molecule has 0 bridgehead atoms. The molecule has 0 aromatic heterocycles. The monoisotopic (exact) mass is 220 g/mol. The van der Waals surface area contributed by atoms with Gasteiger partial charge in [0.1, 0.15) is 0 Å². The molecule has 0 saturated heterocycles. The number of Topliss-reactive ketones (excluding diaryl/α,β-unsaturated/α-hetero) is 1. The van der Waals surface area contributed by atoms with Crippen LogP contribution in [0, 0.1) is 5.41 Å². The zero-order valence-corrected chi connectivity index (χ0v) is 9.78. The summed E-state index contributed by atoms with van der Waals surface area (Å²) in [4.78, 5) is 21.6. The van der Waals surface area contributed by atoms with Crippen molar-refractivity contribution in [1.82, 2.24) is 0 Å². The molecule has 0 radical (unpaired) electrons. The average Bonchev–Trinajstić information content (AvgIpc) is 2.15. The van der Waals surface area contributed by atoms with Gasteiger partial charge in [-0.05, 0) is 17.4 Å². The van der Waals surface area contributed by atoms with Crippen LogP contribution < -0.4 is 0 Å². The quantitative estimate of drug-likeness (QED) is 0.629. The maximum absolute atomic E-state index is 11.1. The number of benzene rings is 1. The summed E-state index contributed by atoms with van der Waals surface area (Å²) < 4.78 is 0. The highest BCUT2D eigenvalue weighted by molar-refractivity contribution is 6.39. The average molecular weight is 220 g/mol. The maximum Gasteiger partial charge on any atom is 0.377 e. The summed E-state index contributed by atoms with van der Waals surface area (Å²) in [6.45, 7) is 6.38. The van der Waals surface area contributed by atoms with Gasteiger partial charge < -0.3 is 5.11 Å². The van der Waals surface area contributed by atoms with E-state index < -0.39 is 11.8 Å². The van der Waals surface area contributed by atoms with Crippen molar-refractivity contribution < 1.29 is 14.7 Å². The number of carbonyl (C=O) groups excluding carboxylic acids is 1. The van der Waals surface area contributed by atoms with Gasteiger partial charge in [-0.25, -0.2) is 4.79 Å². The second-order valence-corrected chi connectivity index (χ2v) is 5.07. The highest BCUT2D eigenvalue weighted by Crippen LogP contribution is 2.20. The molecule has 0 amide bonds. The first-order valence-electron chi connectivity index (χ1n) is 5.16. The Morgan fingerprint density at radius 2 is 1.62 bits per heavy atom. The summed E-state index contributed by atoms with van der Waals surface area (Å²) in [5, 5.41) is 8.54. The number of hydrogen-bond donors (Lipinski definition) is 1.